The first-order valence-corrected chi connectivity index (χ1v) is 11.6. The van der Waals surface area contributed by atoms with E-state index in [-0.39, 0.29) is 0 Å². The molecule has 6 nitrogen and oxygen atoms in total. The van der Waals surface area contributed by atoms with Gasteiger partial charge >= 0.3 is 0 Å². The van der Waals surface area contributed by atoms with Crippen LogP contribution in [-0.2, 0) is 6.54 Å². The van der Waals surface area contributed by atoms with Crippen molar-refractivity contribution in [2.45, 2.75) is 31.0 Å². The molecule has 0 aromatic heterocycles. The van der Waals surface area contributed by atoms with Gasteiger partial charge in [-0.25, -0.2) is 0 Å². The average Bonchev–Trinajstić information content (AvgIpc) is 3.45. The molecule has 28 heavy (non-hydrogen) atoms. The molecule has 0 bridgehead atoms. The van der Waals surface area contributed by atoms with E-state index in [9.17, 15) is 5.11 Å². The van der Waals surface area contributed by atoms with Gasteiger partial charge in [-0.1, -0.05) is 6.07 Å². The maximum Gasteiger partial charge on any atom is 0.161 e. The fourth-order valence-corrected chi connectivity index (χ4v) is 5.15. The van der Waals surface area contributed by atoms with Gasteiger partial charge in [0.2, 0.25) is 0 Å². The number of β-amino-alcohol motifs (C(OH)–C–C–N with tert-alkyl or cyclic N) is 1. The van der Waals surface area contributed by atoms with Crippen LogP contribution in [0.5, 0.6) is 11.5 Å². The molecule has 3 aliphatic rings. The second-order valence-corrected chi connectivity index (χ2v) is 9.51. The molecule has 1 unspecified atom stereocenters. The van der Waals surface area contributed by atoms with Crippen LogP contribution in [-0.4, -0.2) is 91.0 Å². The van der Waals surface area contributed by atoms with Crippen molar-refractivity contribution in [3.63, 3.8) is 0 Å². The second kappa shape index (κ2) is 9.22. The molecule has 1 aliphatic carbocycles. The minimum atomic E-state index is -0.483. The Labute approximate surface area is 172 Å². The predicted octanol–water partition coefficient (Wildman–Crippen LogP) is 1.42. The van der Waals surface area contributed by atoms with Crippen LogP contribution in [0, 0.1) is 0 Å². The average molecular weight is 408 g/mol. The lowest BCUT2D eigenvalue weighted by atomic mass is 10.1. The molecule has 1 spiro atoms. The summed E-state index contributed by atoms with van der Waals surface area (Å²) in [5.74, 6) is 3.75. The molecule has 2 N–H and O–H groups in total. The van der Waals surface area contributed by atoms with Gasteiger partial charge in [-0.15, -0.1) is 0 Å². The molecule has 2 heterocycles. The largest absolute Gasteiger partial charge is 0.493 e. The number of hydrogen-bond donors (Lipinski definition) is 2. The van der Waals surface area contributed by atoms with Gasteiger partial charge in [-0.05, 0) is 30.5 Å². The Morgan fingerprint density at radius 2 is 2.00 bits per heavy atom. The molecule has 3 fully saturated rings. The molecule has 1 aromatic carbocycles. The second-order valence-electron chi connectivity index (χ2n) is 8.28. The number of hydrogen-bond acceptors (Lipinski definition) is 7. The standard InChI is InChI=1S/C21H33N3O3S/c1-26-20-12-17(13-24-7-6-22-21(16-24)4-5-21)2-3-19(20)27-15-18(25)14-23-8-10-28-11-9-23/h2-3,12,18,22,25H,4-11,13-16H2,1H3. The number of thioether (sulfide) groups is 1. The highest BCUT2D eigenvalue weighted by atomic mass is 32.2. The zero-order valence-electron chi connectivity index (χ0n) is 16.9. The Morgan fingerprint density at radius 1 is 1.18 bits per heavy atom. The number of rotatable bonds is 8. The SMILES string of the molecule is COc1cc(CN2CCNC3(CC3)C2)ccc1OCC(O)CN1CCSCC1. The molecular weight excluding hydrogens is 374 g/mol. The van der Waals surface area contributed by atoms with Crippen molar-refractivity contribution in [3.05, 3.63) is 23.8 Å². The van der Waals surface area contributed by atoms with Gasteiger partial charge in [0, 0.05) is 62.9 Å². The number of piperazine rings is 1. The smallest absolute Gasteiger partial charge is 0.161 e. The van der Waals surface area contributed by atoms with Crippen molar-refractivity contribution in [2.75, 3.05) is 64.5 Å². The molecule has 4 rings (SSSR count). The van der Waals surface area contributed by atoms with Crippen LogP contribution in [0.4, 0.5) is 0 Å². The minimum absolute atomic E-state index is 0.291. The normalized spacial score (nSPS) is 23.5. The van der Waals surface area contributed by atoms with Crippen LogP contribution < -0.4 is 14.8 Å². The van der Waals surface area contributed by atoms with Crippen LogP contribution in [0.15, 0.2) is 18.2 Å². The van der Waals surface area contributed by atoms with E-state index in [0.29, 0.717) is 24.4 Å². The van der Waals surface area contributed by atoms with E-state index < -0.39 is 6.10 Å². The number of methoxy groups -OCH3 is 1. The fraction of sp³-hybridized carbons (Fsp3) is 0.714. The zero-order chi connectivity index (χ0) is 19.4. The lowest BCUT2D eigenvalue weighted by molar-refractivity contribution is 0.0704. The number of benzene rings is 1. The summed E-state index contributed by atoms with van der Waals surface area (Å²) in [4.78, 5) is 4.84. The number of aliphatic hydroxyl groups is 1. The first kappa shape index (κ1) is 20.3. The zero-order valence-corrected chi connectivity index (χ0v) is 17.7. The topological polar surface area (TPSA) is 57.2 Å². The van der Waals surface area contributed by atoms with Gasteiger partial charge in [-0.2, -0.15) is 11.8 Å². The molecule has 0 amide bonds. The fourth-order valence-electron chi connectivity index (χ4n) is 4.17. The van der Waals surface area contributed by atoms with E-state index in [0.717, 1.165) is 56.5 Å². The summed E-state index contributed by atoms with van der Waals surface area (Å²) in [6.07, 6.45) is 2.12. The van der Waals surface area contributed by atoms with Gasteiger partial charge in [0.1, 0.15) is 12.7 Å². The minimum Gasteiger partial charge on any atom is -0.493 e. The molecule has 2 aliphatic heterocycles. The van der Waals surface area contributed by atoms with Crippen molar-refractivity contribution in [3.8, 4) is 11.5 Å². The van der Waals surface area contributed by atoms with E-state index in [4.69, 9.17) is 9.47 Å². The van der Waals surface area contributed by atoms with Gasteiger partial charge < -0.3 is 19.9 Å². The molecule has 7 heteroatoms. The quantitative estimate of drug-likeness (QED) is 0.676. The highest BCUT2D eigenvalue weighted by Crippen LogP contribution is 2.38. The van der Waals surface area contributed by atoms with Crippen molar-refractivity contribution >= 4 is 11.8 Å². The van der Waals surface area contributed by atoms with Crippen molar-refractivity contribution in [1.29, 1.82) is 0 Å². The van der Waals surface area contributed by atoms with Crippen LogP contribution in [0.1, 0.15) is 18.4 Å². The molecule has 1 saturated carbocycles. The van der Waals surface area contributed by atoms with Crippen LogP contribution in [0.25, 0.3) is 0 Å². The summed E-state index contributed by atoms with van der Waals surface area (Å²) < 4.78 is 11.4. The van der Waals surface area contributed by atoms with E-state index in [2.05, 4.69) is 27.2 Å². The third-order valence-electron chi connectivity index (χ3n) is 5.95. The summed E-state index contributed by atoms with van der Waals surface area (Å²) in [5, 5.41) is 14.0. The number of nitrogens with one attached hydrogen (secondary N) is 1. The Hall–Kier alpha value is -0.990. The van der Waals surface area contributed by atoms with Crippen LogP contribution in [0.3, 0.4) is 0 Å². The lowest BCUT2D eigenvalue weighted by Gasteiger charge is -2.34. The number of ether oxygens (including phenoxy) is 2. The van der Waals surface area contributed by atoms with E-state index in [1.165, 1.54) is 18.4 Å². The molecule has 1 aromatic rings. The molecule has 156 valence electrons. The monoisotopic (exact) mass is 407 g/mol. The highest BCUT2D eigenvalue weighted by molar-refractivity contribution is 7.99. The van der Waals surface area contributed by atoms with Gasteiger partial charge in [0.15, 0.2) is 11.5 Å². The van der Waals surface area contributed by atoms with E-state index >= 15 is 0 Å². The van der Waals surface area contributed by atoms with Crippen molar-refractivity contribution in [2.24, 2.45) is 0 Å². The highest BCUT2D eigenvalue weighted by Gasteiger charge is 2.45. The summed E-state index contributed by atoms with van der Waals surface area (Å²) in [6.45, 7) is 7.30. The Balaban J connectivity index is 1.29. The third kappa shape index (κ3) is 5.33. The summed E-state index contributed by atoms with van der Waals surface area (Å²) in [5.41, 5.74) is 1.64. The van der Waals surface area contributed by atoms with Gasteiger partial charge in [0.25, 0.3) is 0 Å². The van der Waals surface area contributed by atoms with Crippen molar-refractivity contribution < 1.29 is 14.6 Å². The lowest BCUT2D eigenvalue weighted by Crippen LogP contribution is -2.51. The number of aliphatic hydroxyl groups excluding tert-OH is 1. The summed E-state index contributed by atoms with van der Waals surface area (Å²) in [7, 11) is 1.68. The molecule has 2 saturated heterocycles. The van der Waals surface area contributed by atoms with Gasteiger partial charge in [0.05, 0.1) is 7.11 Å². The molecular formula is C21H33N3O3S. The molecule has 0 radical (unpaired) electrons. The van der Waals surface area contributed by atoms with E-state index in [1.54, 1.807) is 7.11 Å². The number of nitrogens with zero attached hydrogens (tertiary/aromatic N) is 2. The maximum absolute atomic E-state index is 10.3. The first-order chi connectivity index (χ1) is 13.7. The van der Waals surface area contributed by atoms with E-state index in [1.807, 2.05) is 17.8 Å². The Bertz CT molecular complexity index is 650. The Kier molecular flexibility index (Phi) is 6.68. The summed E-state index contributed by atoms with van der Waals surface area (Å²) in [6, 6.07) is 6.17. The Morgan fingerprint density at radius 3 is 2.75 bits per heavy atom. The molecule has 1 atom stereocenters. The van der Waals surface area contributed by atoms with Crippen LogP contribution in [0.2, 0.25) is 0 Å². The summed E-state index contributed by atoms with van der Waals surface area (Å²) >= 11 is 1.98. The van der Waals surface area contributed by atoms with Gasteiger partial charge in [-0.3, -0.25) is 9.80 Å². The first-order valence-electron chi connectivity index (χ1n) is 10.4. The van der Waals surface area contributed by atoms with Crippen molar-refractivity contribution in [1.82, 2.24) is 15.1 Å². The van der Waals surface area contributed by atoms with Crippen LogP contribution >= 0.6 is 11.8 Å². The predicted molar refractivity (Wildman–Crippen MR) is 114 cm³/mol. The third-order valence-corrected chi connectivity index (χ3v) is 6.89. The maximum atomic E-state index is 10.3.